The third-order valence-electron chi connectivity index (χ3n) is 1.54. The predicted molar refractivity (Wildman–Crippen MR) is 48.8 cm³/mol. The van der Waals surface area contributed by atoms with Gasteiger partial charge in [0.1, 0.15) is 6.61 Å². The van der Waals surface area contributed by atoms with Gasteiger partial charge in [0.2, 0.25) is 0 Å². The van der Waals surface area contributed by atoms with Crippen LogP contribution < -0.4 is 10.5 Å². The van der Waals surface area contributed by atoms with Crippen LogP contribution in [0.1, 0.15) is 6.55 Å². The first-order chi connectivity index (χ1) is 7.24. The Labute approximate surface area is 85.8 Å². The molecule has 0 atom stereocenters. The number of aromatic nitrogens is 2. The molecule has 15 heavy (non-hydrogen) atoms. The zero-order valence-electron chi connectivity index (χ0n) is 8.10. The molecule has 0 amide bonds. The minimum Gasteiger partial charge on any atom is -0.488 e. The lowest BCUT2D eigenvalue weighted by Crippen LogP contribution is -2.12. The van der Waals surface area contributed by atoms with Crippen LogP contribution in [0.3, 0.4) is 0 Å². The molecule has 0 aliphatic heterocycles. The first-order valence-electron chi connectivity index (χ1n) is 4.47. The quantitative estimate of drug-likeness (QED) is 0.686. The monoisotopic (exact) mass is 221 g/mol. The second-order valence-corrected chi connectivity index (χ2v) is 2.68. The third-order valence-corrected chi connectivity index (χ3v) is 1.54. The van der Waals surface area contributed by atoms with Crippen molar-refractivity contribution < 1.29 is 18.3 Å². The van der Waals surface area contributed by atoms with Gasteiger partial charge in [0.15, 0.2) is 5.75 Å². The Morgan fingerprint density at radius 1 is 1.40 bits per heavy atom. The fraction of sp³-hybridized carbons (Fsp3) is 0.625. The van der Waals surface area contributed by atoms with Gasteiger partial charge >= 0.3 is 6.55 Å². The summed E-state index contributed by atoms with van der Waals surface area (Å²) in [6.45, 7) is -1.08. The molecule has 86 valence electrons. The van der Waals surface area contributed by atoms with E-state index in [1.807, 2.05) is 0 Å². The van der Waals surface area contributed by atoms with Crippen LogP contribution in [-0.2, 0) is 4.74 Å². The van der Waals surface area contributed by atoms with Crippen molar-refractivity contribution in [3.05, 3.63) is 12.4 Å². The molecule has 0 aliphatic carbocycles. The van der Waals surface area contributed by atoms with Gasteiger partial charge in [-0.25, -0.2) is 4.68 Å². The molecule has 2 N–H and O–H groups in total. The Morgan fingerprint density at radius 2 is 2.20 bits per heavy atom. The van der Waals surface area contributed by atoms with E-state index in [0.29, 0.717) is 30.2 Å². The Hall–Kier alpha value is -1.21. The molecule has 1 rings (SSSR count). The Kier molecular flexibility index (Phi) is 4.99. The fourth-order valence-corrected chi connectivity index (χ4v) is 0.906. The van der Waals surface area contributed by atoms with Gasteiger partial charge in [0.05, 0.1) is 25.6 Å². The van der Waals surface area contributed by atoms with Crippen molar-refractivity contribution >= 4 is 0 Å². The van der Waals surface area contributed by atoms with Gasteiger partial charge in [-0.15, -0.1) is 0 Å². The smallest absolute Gasteiger partial charge is 0.333 e. The fourth-order valence-electron chi connectivity index (χ4n) is 0.906. The molecule has 0 radical (unpaired) electrons. The summed E-state index contributed by atoms with van der Waals surface area (Å²) in [7, 11) is 0. The van der Waals surface area contributed by atoms with Crippen molar-refractivity contribution in [1.29, 1.82) is 0 Å². The Morgan fingerprint density at radius 3 is 2.80 bits per heavy atom. The normalized spacial score (nSPS) is 10.9. The number of rotatable bonds is 7. The highest BCUT2D eigenvalue weighted by Crippen LogP contribution is 2.14. The van der Waals surface area contributed by atoms with E-state index in [4.69, 9.17) is 15.2 Å². The molecule has 5 nitrogen and oxygen atoms in total. The average Bonchev–Trinajstić information content (AvgIpc) is 2.66. The number of nitrogens with zero attached hydrogens (tertiary/aromatic N) is 2. The lowest BCUT2D eigenvalue weighted by atomic mass is 10.6. The summed E-state index contributed by atoms with van der Waals surface area (Å²) >= 11 is 0. The summed E-state index contributed by atoms with van der Waals surface area (Å²) in [5.41, 5.74) is 5.20. The molecule has 0 saturated carbocycles. The van der Waals surface area contributed by atoms with Crippen molar-refractivity contribution in [2.75, 3.05) is 26.4 Å². The summed E-state index contributed by atoms with van der Waals surface area (Å²) in [6.07, 6.45) is 2.36. The van der Waals surface area contributed by atoms with Gasteiger partial charge in [-0.3, -0.25) is 0 Å². The van der Waals surface area contributed by atoms with E-state index in [0.717, 1.165) is 6.20 Å². The molecule has 7 heteroatoms. The topological polar surface area (TPSA) is 62.3 Å². The summed E-state index contributed by atoms with van der Waals surface area (Å²) in [4.78, 5) is 0. The number of hydrogen-bond acceptors (Lipinski definition) is 4. The highest BCUT2D eigenvalue weighted by molar-refractivity contribution is 5.11. The van der Waals surface area contributed by atoms with Crippen molar-refractivity contribution in [1.82, 2.24) is 9.78 Å². The molecular formula is C8H13F2N3O2. The number of alkyl halides is 2. The molecular weight excluding hydrogens is 208 g/mol. The number of nitrogens with two attached hydrogens (primary N) is 1. The van der Waals surface area contributed by atoms with E-state index in [1.54, 1.807) is 0 Å². The maximum atomic E-state index is 12.1. The molecule has 0 spiro atoms. The molecule has 0 bridgehead atoms. The van der Waals surface area contributed by atoms with E-state index in [-0.39, 0.29) is 6.61 Å². The van der Waals surface area contributed by atoms with Gasteiger partial charge < -0.3 is 15.2 Å². The van der Waals surface area contributed by atoms with Gasteiger partial charge in [-0.1, -0.05) is 0 Å². The van der Waals surface area contributed by atoms with Gasteiger partial charge in [0.25, 0.3) is 0 Å². The van der Waals surface area contributed by atoms with Crippen LogP contribution in [0.4, 0.5) is 8.78 Å². The van der Waals surface area contributed by atoms with Crippen LogP contribution >= 0.6 is 0 Å². The van der Waals surface area contributed by atoms with E-state index < -0.39 is 6.55 Å². The maximum Gasteiger partial charge on any atom is 0.333 e. The molecule has 0 aromatic carbocycles. The SMILES string of the molecule is NCCOCCOc1cnn(C(F)F)c1. The average molecular weight is 221 g/mol. The molecule has 0 unspecified atom stereocenters. The first-order valence-corrected chi connectivity index (χ1v) is 4.47. The van der Waals surface area contributed by atoms with Crippen molar-refractivity contribution in [3.63, 3.8) is 0 Å². The molecule has 1 aromatic rings. The van der Waals surface area contributed by atoms with Crippen molar-refractivity contribution in [3.8, 4) is 5.75 Å². The minimum atomic E-state index is -2.64. The third kappa shape index (κ3) is 4.22. The second-order valence-electron chi connectivity index (χ2n) is 2.68. The van der Waals surface area contributed by atoms with Crippen LogP contribution in [-0.4, -0.2) is 36.1 Å². The number of halogens is 2. The van der Waals surface area contributed by atoms with E-state index in [2.05, 4.69) is 5.10 Å². The predicted octanol–water partition coefficient (Wildman–Crippen LogP) is 0.632. The highest BCUT2D eigenvalue weighted by Gasteiger charge is 2.07. The van der Waals surface area contributed by atoms with Crippen molar-refractivity contribution in [2.24, 2.45) is 5.73 Å². The zero-order chi connectivity index (χ0) is 11.1. The molecule has 0 saturated heterocycles. The van der Waals surface area contributed by atoms with Crippen LogP contribution in [0.25, 0.3) is 0 Å². The zero-order valence-corrected chi connectivity index (χ0v) is 8.10. The summed E-state index contributed by atoms with van der Waals surface area (Å²) in [5.74, 6) is 0.298. The summed E-state index contributed by atoms with van der Waals surface area (Å²) < 4.78 is 34.8. The highest BCUT2D eigenvalue weighted by atomic mass is 19.3. The molecule has 1 aromatic heterocycles. The largest absolute Gasteiger partial charge is 0.488 e. The Bertz CT molecular complexity index is 281. The van der Waals surface area contributed by atoms with Crippen molar-refractivity contribution in [2.45, 2.75) is 6.55 Å². The van der Waals surface area contributed by atoms with Gasteiger partial charge in [-0.05, 0) is 0 Å². The van der Waals surface area contributed by atoms with Gasteiger partial charge in [0, 0.05) is 6.54 Å². The summed E-state index contributed by atoms with van der Waals surface area (Å²) in [5, 5.41) is 3.41. The van der Waals surface area contributed by atoms with Crippen LogP contribution in [0.15, 0.2) is 12.4 Å². The van der Waals surface area contributed by atoms with E-state index in [9.17, 15) is 8.78 Å². The van der Waals surface area contributed by atoms with E-state index in [1.165, 1.54) is 6.20 Å². The van der Waals surface area contributed by atoms with Crippen LogP contribution in [0, 0.1) is 0 Å². The molecule has 0 aliphatic rings. The maximum absolute atomic E-state index is 12.1. The standard InChI is InChI=1S/C8H13F2N3O2/c9-8(10)13-6-7(5-12-13)15-4-3-14-2-1-11/h5-6,8H,1-4,11H2. The van der Waals surface area contributed by atoms with Gasteiger partial charge in [-0.2, -0.15) is 13.9 Å². The Balaban J connectivity index is 2.20. The molecule has 1 heterocycles. The van der Waals surface area contributed by atoms with Crippen LogP contribution in [0.2, 0.25) is 0 Å². The first kappa shape index (κ1) is 11.9. The second kappa shape index (κ2) is 6.31. The number of ether oxygens (including phenoxy) is 2. The lowest BCUT2D eigenvalue weighted by molar-refractivity contribution is 0.0561. The summed E-state index contributed by atoms with van der Waals surface area (Å²) in [6, 6.07) is 0. The number of hydrogen-bond donors (Lipinski definition) is 1. The lowest BCUT2D eigenvalue weighted by Gasteiger charge is -2.03. The van der Waals surface area contributed by atoms with Crippen LogP contribution in [0.5, 0.6) is 5.75 Å². The minimum absolute atomic E-state index is 0.287. The molecule has 0 fully saturated rings. The van der Waals surface area contributed by atoms with E-state index >= 15 is 0 Å².